The normalized spacial score (nSPS) is 10.4. The lowest BCUT2D eigenvalue weighted by Crippen LogP contribution is -2.27. The van der Waals surface area contributed by atoms with Gasteiger partial charge < -0.3 is 11.5 Å². The van der Waals surface area contributed by atoms with Crippen LogP contribution >= 0.6 is 0 Å². The lowest BCUT2D eigenvalue weighted by molar-refractivity contribution is 0.358. The molecule has 0 amide bonds. The summed E-state index contributed by atoms with van der Waals surface area (Å²) in [5.41, 5.74) is 12.5. The van der Waals surface area contributed by atoms with Crippen molar-refractivity contribution in [2.75, 3.05) is 0 Å². The molecule has 4 N–H and O–H groups in total. The molecule has 17 heavy (non-hydrogen) atoms. The zero-order chi connectivity index (χ0) is 13.3. The van der Waals surface area contributed by atoms with Crippen molar-refractivity contribution in [2.24, 2.45) is 16.9 Å². The van der Waals surface area contributed by atoms with Crippen molar-refractivity contribution >= 4 is 0 Å². The molecular formula is C15H24N2. The summed E-state index contributed by atoms with van der Waals surface area (Å²) in [6.07, 6.45) is 10.6. The van der Waals surface area contributed by atoms with Crippen molar-refractivity contribution in [3.8, 4) is 0 Å². The second-order valence-electron chi connectivity index (χ2n) is 4.19. The summed E-state index contributed by atoms with van der Waals surface area (Å²) in [4.78, 5) is 0. The topological polar surface area (TPSA) is 52.0 Å². The maximum Gasteiger partial charge on any atom is 0.0934 e. The first-order valence-electron chi connectivity index (χ1n) is 5.76. The van der Waals surface area contributed by atoms with Crippen LogP contribution in [0.25, 0.3) is 0 Å². The average molecular weight is 232 g/mol. The lowest BCUT2D eigenvalue weighted by Gasteiger charge is -2.34. The highest BCUT2D eigenvalue weighted by Crippen LogP contribution is 2.42. The van der Waals surface area contributed by atoms with E-state index in [1.807, 2.05) is 24.3 Å². The quantitative estimate of drug-likeness (QED) is 0.599. The predicted octanol–water partition coefficient (Wildman–Crippen LogP) is 3.41. The predicted molar refractivity (Wildman–Crippen MR) is 77.1 cm³/mol. The van der Waals surface area contributed by atoms with Crippen molar-refractivity contribution in [1.29, 1.82) is 0 Å². The van der Waals surface area contributed by atoms with Gasteiger partial charge in [0.25, 0.3) is 0 Å². The van der Waals surface area contributed by atoms with Gasteiger partial charge in [-0.15, -0.1) is 26.3 Å². The standard InChI is InChI=1S/C15H24N2/c1-5-9-13(14(16)17)15(10-6-2,11-7-3)12-8-4/h5-8H,1-4,9-12,16-17H2. The van der Waals surface area contributed by atoms with Crippen LogP contribution in [0.1, 0.15) is 25.7 Å². The molecule has 0 aromatic heterocycles. The first-order valence-corrected chi connectivity index (χ1v) is 5.76. The second kappa shape index (κ2) is 7.55. The minimum atomic E-state index is -0.154. The largest absolute Gasteiger partial charge is 0.386 e. The van der Waals surface area contributed by atoms with Gasteiger partial charge in [0.15, 0.2) is 0 Å². The van der Waals surface area contributed by atoms with Crippen LogP contribution in [0.5, 0.6) is 0 Å². The highest BCUT2D eigenvalue weighted by Gasteiger charge is 2.31. The van der Waals surface area contributed by atoms with Crippen LogP contribution < -0.4 is 11.5 Å². The molecule has 0 heterocycles. The van der Waals surface area contributed by atoms with Crippen LogP contribution in [0.3, 0.4) is 0 Å². The van der Waals surface area contributed by atoms with Gasteiger partial charge in [0.05, 0.1) is 5.82 Å². The van der Waals surface area contributed by atoms with E-state index in [0.717, 1.165) is 24.8 Å². The summed E-state index contributed by atoms with van der Waals surface area (Å²) in [5.74, 6) is 0.371. The average Bonchev–Trinajstić information content (AvgIpc) is 2.26. The van der Waals surface area contributed by atoms with E-state index in [1.165, 1.54) is 0 Å². The van der Waals surface area contributed by atoms with Gasteiger partial charge in [-0.2, -0.15) is 0 Å². The van der Waals surface area contributed by atoms with E-state index in [2.05, 4.69) is 26.3 Å². The number of nitrogens with two attached hydrogens (primary N) is 2. The first kappa shape index (κ1) is 15.3. The van der Waals surface area contributed by atoms with Crippen LogP contribution in [-0.2, 0) is 0 Å². The smallest absolute Gasteiger partial charge is 0.0934 e. The van der Waals surface area contributed by atoms with Crippen LogP contribution in [0.2, 0.25) is 0 Å². The van der Waals surface area contributed by atoms with E-state index in [4.69, 9.17) is 11.5 Å². The molecule has 0 fully saturated rings. The SMILES string of the molecule is C=CCC(=C(N)N)C(CC=C)(CC=C)CC=C. The van der Waals surface area contributed by atoms with E-state index >= 15 is 0 Å². The number of allylic oxidation sites excluding steroid dienone is 5. The minimum absolute atomic E-state index is 0.154. The Hall–Kier alpha value is -1.70. The highest BCUT2D eigenvalue weighted by molar-refractivity contribution is 5.24. The van der Waals surface area contributed by atoms with Gasteiger partial charge in [0.1, 0.15) is 0 Å². The molecule has 0 spiro atoms. The lowest BCUT2D eigenvalue weighted by atomic mass is 9.70. The summed E-state index contributed by atoms with van der Waals surface area (Å²) in [7, 11) is 0. The molecule has 2 nitrogen and oxygen atoms in total. The molecule has 0 aromatic rings. The summed E-state index contributed by atoms with van der Waals surface area (Å²) in [6.45, 7) is 15.2. The third kappa shape index (κ3) is 3.99. The van der Waals surface area contributed by atoms with Crippen molar-refractivity contribution in [1.82, 2.24) is 0 Å². The van der Waals surface area contributed by atoms with Gasteiger partial charge in [-0.25, -0.2) is 0 Å². The minimum Gasteiger partial charge on any atom is -0.386 e. The zero-order valence-corrected chi connectivity index (χ0v) is 10.6. The molecule has 2 heteroatoms. The summed E-state index contributed by atoms with van der Waals surface area (Å²) < 4.78 is 0. The maximum atomic E-state index is 5.81. The third-order valence-electron chi connectivity index (χ3n) is 2.94. The molecular weight excluding hydrogens is 208 g/mol. The third-order valence-corrected chi connectivity index (χ3v) is 2.94. The van der Waals surface area contributed by atoms with Crippen LogP contribution in [0, 0.1) is 5.41 Å². The Kier molecular flexibility index (Phi) is 6.80. The first-order chi connectivity index (χ1) is 8.07. The highest BCUT2D eigenvalue weighted by atomic mass is 14.8. The van der Waals surface area contributed by atoms with Crippen molar-refractivity contribution in [3.05, 3.63) is 62.0 Å². The number of hydrogen-bond donors (Lipinski definition) is 2. The molecule has 0 rings (SSSR count). The van der Waals surface area contributed by atoms with Crippen LogP contribution in [0.4, 0.5) is 0 Å². The molecule has 0 saturated carbocycles. The van der Waals surface area contributed by atoms with E-state index < -0.39 is 0 Å². The van der Waals surface area contributed by atoms with Gasteiger partial charge in [-0.1, -0.05) is 24.3 Å². The molecule has 0 saturated heterocycles. The molecule has 94 valence electrons. The Morgan fingerprint density at radius 2 is 1.24 bits per heavy atom. The van der Waals surface area contributed by atoms with Crippen LogP contribution in [-0.4, -0.2) is 0 Å². The Morgan fingerprint density at radius 1 is 0.824 bits per heavy atom. The Bertz CT molecular complexity index is 293. The molecule has 0 atom stereocenters. The fraction of sp³-hybridized carbons (Fsp3) is 0.333. The maximum absolute atomic E-state index is 5.81. The Labute approximate surface area is 105 Å². The fourth-order valence-corrected chi connectivity index (χ4v) is 2.23. The summed E-state index contributed by atoms with van der Waals surface area (Å²) in [5, 5.41) is 0. The second-order valence-corrected chi connectivity index (χ2v) is 4.19. The summed E-state index contributed by atoms with van der Waals surface area (Å²) >= 11 is 0. The zero-order valence-electron chi connectivity index (χ0n) is 10.6. The van der Waals surface area contributed by atoms with E-state index in [9.17, 15) is 0 Å². The Balaban J connectivity index is 5.55. The van der Waals surface area contributed by atoms with Gasteiger partial charge >= 0.3 is 0 Å². The number of rotatable bonds is 9. The van der Waals surface area contributed by atoms with Gasteiger partial charge in [-0.05, 0) is 31.3 Å². The van der Waals surface area contributed by atoms with Gasteiger partial charge in [0, 0.05) is 5.41 Å². The van der Waals surface area contributed by atoms with E-state index in [1.54, 1.807) is 0 Å². The fourth-order valence-electron chi connectivity index (χ4n) is 2.23. The molecule has 0 radical (unpaired) electrons. The van der Waals surface area contributed by atoms with E-state index in [-0.39, 0.29) is 5.41 Å². The van der Waals surface area contributed by atoms with E-state index in [0.29, 0.717) is 12.2 Å². The Morgan fingerprint density at radius 3 is 1.47 bits per heavy atom. The monoisotopic (exact) mass is 232 g/mol. The van der Waals surface area contributed by atoms with Crippen molar-refractivity contribution in [3.63, 3.8) is 0 Å². The molecule has 0 aromatic carbocycles. The van der Waals surface area contributed by atoms with Crippen LogP contribution in [0.15, 0.2) is 62.0 Å². The number of hydrogen-bond acceptors (Lipinski definition) is 2. The van der Waals surface area contributed by atoms with Crippen molar-refractivity contribution < 1.29 is 0 Å². The molecule has 0 aliphatic rings. The van der Waals surface area contributed by atoms with Crippen molar-refractivity contribution in [2.45, 2.75) is 25.7 Å². The van der Waals surface area contributed by atoms with Gasteiger partial charge in [-0.3, -0.25) is 0 Å². The molecule has 0 aliphatic heterocycles. The summed E-state index contributed by atoms with van der Waals surface area (Å²) in [6, 6.07) is 0. The van der Waals surface area contributed by atoms with Gasteiger partial charge in [0.2, 0.25) is 0 Å². The molecule has 0 bridgehead atoms. The molecule has 0 aliphatic carbocycles. The molecule has 0 unspecified atom stereocenters.